The number of nitrogens with zero attached hydrogens (tertiary/aromatic N) is 1. The summed E-state index contributed by atoms with van der Waals surface area (Å²) in [7, 11) is 0. The van der Waals surface area contributed by atoms with Crippen molar-refractivity contribution in [2.75, 3.05) is 0 Å². The first-order valence-electron chi connectivity index (χ1n) is 5.03. The van der Waals surface area contributed by atoms with Gasteiger partial charge in [0.1, 0.15) is 5.78 Å². The van der Waals surface area contributed by atoms with E-state index in [9.17, 15) is 4.79 Å². The molecule has 1 aromatic heterocycles. The first kappa shape index (κ1) is 10.9. The fraction of sp³-hybridized carbons (Fsp3) is 0.500. The molecule has 1 heterocycles. The predicted octanol–water partition coefficient (Wildman–Crippen LogP) is 2.55. The number of hydrogen-bond donors (Lipinski definition) is 0. The molecule has 0 aliphatic heterocycles. The number of carbonyl (C=O) groups is 1. The quantitative estimate of drug-likeness (QED) is 0.732. The van der Waals surface area contributed by atoms with E-state index in [1.165, 1.54) is 11.1 Å². The summed E-state index contributed by atoms with van der Waals surface area (Å²) in [6.45, 7) is 5.94. The largest absolute Gasteiger partial charge is 0.299 e. The van der Waals surface area contributed by atoms with Crippen molar-refractivity contribution < 1.29 is 4.79 Å². The molecule has 0 unspecified atom stereocenters. The second-order valence-corrected chi connectivity index (χ2v) is 3.92. The van der Waals surface area contributed by atoms with Crippen molar-refractivity contribution in [2.24, 2.45) is 5.92 Å². The van der Waals surface area contributed by atoms with Gasteiger partial charge in [-0.15, -0.1) is 0 Å². The normalized spacial score (nSPS) is 10.6. The van der Waals surface area contributed by atoms with Crippen LogP contribution >= 0.6 is 0 Å². The van der Waals surface area contributed by atoms with Crippen LogP contribution in [0.4, 0.5) is 0 Å². The fourth-order valence-electron chi connectivity index (χ4n) is 1.30. The Morgan fingerprint density at radius 1 is 1.50 bits per heavy atom. The SMILES string of the molecule is Cc1ccncc1CCC(=O)C(C)C. The van der Waals surface area contributed by atoms with E-state index in [2.05, 4.69) is 11.9 Å². The third-order valence-corrected chi connectivity index (χ3v) is 2.43. The maximum absolute atomic E-state index is 11.4. The number of aromatic nitrogens is 1. The minimum absolute atomic E-state index is 0.145. The Balaban J connectivity index is 2.54. The average molecular weight is 191 g/mol. The summed E-state index contributed by atoms with van der Waals surface area (Å²) < 4.78 is 0. The lowest BCUT2D eigenvalue weighted by molar-refractivity contribution is -0.121. The molecular weight excluding hydrogens is 174 g/mol. The number of aryl methyl sites for hydroxylation is 2. The molecule has 76 valence electrons. The molecule has 0 N–H and O–H groups in total. The van der Waals surface area contributed by atoms with Gasteiger partial charge >= 0.3 is 0 Å². The van der Waals surface area contributed by atoms with Crippen LogP contribution < -0.4 is 0 Å². The molecule has 2 heteroatoms. The van der Waals surface area contributed by atoms with Gasteiger partial charge in [-0.25, -0.2) is 0 Å². The van der Waals surface area contributed by atoms with Crippen LogP contribution in [0, 0.1) is 12.8 Å². The highest BCUT2D eigenvalue weighted by Crippen LogP contribution is 2.10. The van der Waals surface area contributed by atoms with E-state index in [0.29, 0.717) is 12.2 Å². The smallest absolute Gasteiger partial charge is 0.135 e. The van der Waals surface area contributed by atoms with E-state index in [1.807, 2.05) is 26.1 Å². The number of hydrogen-bond acceptors (Lipinski definition) is 2. The molecule has 0 atom stereocenters. The lowest BCUT2D eigenvalue weighted by Gasteiger charge is -2.05. The van der Waals surface area contributed by atoms with Crippen LogP contribution in [0.2, 0.25) is 0 Å². The maximum Gasteiger partial charge on any atom is 0.135 e. The number of carbonyl (C=O) groups excluding carboxylic acids is 1. The molecule has 0 aromatic carbocycles. The summed E-state index contributed by atoms with van der Waals surface area (Å²) in [5, 5.41) is 0. The van der Waals surface area contributed by atoms with Gasteiger partial charge in [-0.2, -0.15) is 0 Å². The summed E-state index contributed by atoms with van der Waals surface area (Å²) >= 11 is 0. The molecule has 1 rings (SSSR count). The van der Waals surface area contributed by atoms with Gasteiger partial charge in [0.2, 0.25) is 0 Å². The summed E-state index contributed by atoms with van der Waals surface area (Å²) in [5.74, 6) is 0.472. The van der Waals surface area contributed by atoms with Crippen LogP contribution in [-0.2, 0) is 11.2 Å². The first-order chi connectivity index (χ1) is 6.61. The van der Waals surface area contributed by atoms with Crippen LogP contribution in [0.25, 0.3) is 0 Å². The van der Waals surface area contributed by atoms with Crippen molar-refractivity contribution >= 4 is 5.78 Å². The fourth-order valence-corrected chi connectivity index (χ4v) is 1.30. The topological polar surface area (TPSA) is 30.0 Å². The van der Waals surface area contributed by atoms with Gasteiger partial charge in [0.15, 0.2) is 0 Å². The molecule has 0 radical (unpaired) electrons. The molecule has 0 amide bonds. The minimum atomic E-state index is 0.145. The minimum Gasteiger partial charge on any atom is -0.299 e. The number of ketones is 1. The van der Waals surface area contributed by atoms with Gasteiger partial charge in [-0.05, 0) is 30.5 Å². The van der Waals surface area contributed by atoms with Gasteiger partial charge < -0.3 is 0 Å². The van der Waals surface area contributed by atoms with Crippen molar-refractivity contribution in [3.8, 4) is 0 Å². The van der Waals surface area contributed by atoms with Crippen LogP contribution in [0.15, 0.2) is 18.5 Å². The Kier molecular flexibility index (Phi) is 3.81. The lowest BCUT2D eigenvalue weighted by Crippen LogP contribution is -2.08. The number of rotatable bonds is 4. The highest BCUT2D eigenvalue weighted by molar-refractivity contribution is 5.80. The highest BCUT2D eigenvalue weighted by atomic mass is 16.1. The van der Waals surface area contributed by atoms with Crippen molar-refractivity contribution in [2.45, 2.75) is 33.6 Å². The molecule has 0 aliphatic rings. The zero-order valence-electron chi connectivity index (χ0n) is 9.08. The van der Waals surface area contributed by atoms with Crippen LogP contribution in [0.5, 0.6) is 0 Å². The second-order valence-electron chi connectivity index (χ2n) is 3.92. The van der Waals surface area contributed by atoms with Crippen molar-refractivity contribution in [1.29, 1.82) is 0 Å². The van der Waals surface area contributed by atoms with E-state index in [4.69, 9.17) is 0 Å². The number of pyridine rings is 1. The van der Waals surface area contributed by atoms with Crippen LogP contribution in [-0.4, -0.2) is 10.8 Å². The molecular formula is C12H17NO. The third-order valence-electron chi connectivity index (χ3n) is 2.43. The maximum atomic E-state index is 11.4. The average Bonchev–Trinajstić information content (AvgIpc) is 2.16. The summed E-state index contributed by atoms with van der Waals surface area (Å²) in [4.78, 5) is 15.5. The molecule has 1 aromatic rings. The monoisotopic (exact) mass is 191 g/mol. The Morgan fingerprint density at radius 3 is 2.79 bits per heavy atom. The van der Waals surface area contributed by atoms with E-state index in [-0.39, 0.29) is 5.92 Å². The Labute approximate surface area is 85.4 Å². The predicted molar refractivity (Wildman–Crippen MR) is 57.1 cm³/mol. The Bertz CT molecular complexity index is 318. The summed E-state index contributed by atoms with van der Waals surface area (Å²) in [6, 6.07) is 1.98. The van der Waals surface area contributed by atoms with Gasteiger partial charge in [-0.3, -0.25) is 9.78 Å². The van der Waals surface area contributed by atoms with Gasteiger partial charge in [0.05, 0.1) is 0 Å². The standard InChI is InChI=1S/C12H17NO/c1-9(2)12(14)5-4-11-8-13-7-6-10(11)3/h6-9H,4-5H2,1-3H3. The summed E-state index contributed by atoms with van der Waals surface area (Å²) in [5.41, 5.74) is 2.40. The molecule has 0 aliphatic carbocycles. The molecule has 0 spiro atoms. The Hall–Kier alpha value is -1.18. The van der Waals surface area contributed by atoms with Gasteiger partial charge in [0, 0.05) is 24.7 Å². The molecule has 0 bridgehead atoms. The van der Waals surface area contributed by atoms with Crippen molar-refractivity contribution in [3.63, 3.8) is 0 Å². The van der Waals surface area contributed by atoms with Crippen molar-refractivity contribution in [3.05, 3.63) is 29.6 Å². The zero-order valence-corrected chi connectivity index (χ0v) is 9.08. The highest BCUT2D eigenvalue weighted by Gasteiger charge is 2.07. The molecule has 0 saturated carbocycles. The molecule has 0 fully saturated rings. The summed E-state index contributed by atoms with van der Waals surface area (Å²) in [6.07, 6.45) is 5.08. The van der Waals surface area contributed by atoms with E-state index >= 15 is 0 Å². The van der Waals surface area contributed by atoms with Crippen LogP contribution in [0.1, 0.15) is 31.4 Å². The lowest BCUT2D eigenvalue weighted by atomic mass is 10.00. The van der Waals surface area contributed by atoms with Crippen molar-refractivity contribution in [1.82, 2.24) is 4.98 Å². The zero-order chi connectivity index (χ0) is 10.6. The van der Waals surface area contributed by atoms with Gasteiger partial charge in [-0.1, -0.05) is 13.8 Å². The number of Topliss-reactive ketones (excluding diaryl/α,β-unsaturated/α-hetero) is 1. The van der Waals surface area contributed by atoms with Crippen LogP contribution in [0.3, 0.4) is 0 Å². The van der Waals surface area contributed by atoms with E-state index < -0.39 is 0 Å². The van der Waals surface area contributed by atoms with E-state index in [0.717, 1.165) is 6.42 Å². The first-order valence-corrected chi connectivity index (χ1v) is 5.03. The molecule has 14 heavy (non-hydrogen) atoms. The molecule has 2 nitrogen and oxygen atoms in total. The second kappa shape index (κ2) is 4.89. The third kappa shape index (κ3) is 2.95. The molecule has 0 saturated heterocycles. The Morgan fingerprint density at radius 2 is 2.21 bits per heavy atom. The van der Waals surface area contributed by atoms with Gasteiger partial charge in [0.25, 0.3) is 0 Å². The van der Waals surface area contributed by atoms with E-state index in [1.54, 1.807) is 6.20 Å².